The Morgan fingerprint density at radius 3 is 2.68 bits per heavy atom. The van der Waals surface area contributed by atoms with Gasteiger partial charge >= 0.3 is 0 Å². The lowest BCUT2D eigenvalue weighted by Crippen LogP contribution is -2.42. The third-order valence-corrected chi connectivity index (χ3v) is 7.41. The van der Waals surface area contributed by atoms with Gasteiger partial charge in [-0.2, -0.15) is 4.31 Å². The van der Waals surface area contributed by atoms with Crippen molar-refractivity contribution in [1.29, 1.82) is 0 Å². The van der Waals surface area contributed by atoms with Gasteiger partial charge in [-0.15, -0.1) is 0 Å². The molecule has 8 nitrogen and oxygen atoms in total. The number of carbonyl (C=O) groups is 1. The average Bonchev–Trinajstić information content (AvgIpc) is 2.74. The van der Waals surface area contributed by atoms with Crippen molar-refractivity contribution in [2.75, 3.05) is 25.9 Å². The number of amides is 1. The fourth-order valence-corrected chi connectivity index (χ4v) is 5.10. The Labute approximate surface area is 182 Å². The molecule has 1 atom stereocenters. The molecule has 0 spiro atoms. The zero-order valence-corrected chi connectivity index (χ0v) is 18.7. The fraction of sp³-hybridized carbons (Fsp3) is 0.500. The number of likely N-dealkylation sites (tertiary alicyclic amines) is 1. The second-order valence-electron chi connectivity index (χ2n) is 8.56. The summed E-state index contributed by atoms with van der Waals surface area (Å²) in [6, 6.07) is 7.98. The summed E-state index contributed by atoms with van der Waals surface area (Å²) in [6.07, 6.45) is 3.64. The molecule has 1 saturated heterocycles. The molecular formula is C22H28N4O4S. The lowest BCUT2D eigenvalue weighted by atomic mass is 9.96. The number of H-pyrrole nitrogens is 1. The molecule has 166 valence electrons. The lowest BCUT2D eigenvalue weighted by Gasteiger charge is -2.33. The maximum Gasteiger partial charge on any atom is 0.255 e. The molecule has 2 aromatic rings. The molecule has 0 saturated carbocycles. The van der Waals surface area contributed by atoms with Crippen LogP contribution in [0.15, 0.2) is 29.1 Å². The number of fused-ring (bicyclic) bond motifs is 1. The molecule has 2 aliphatic rings. The molecule has 4 rings (SSSR count). The van der Waals surface area contributed by atoms with Crippen LogP contribution >= 0.6 is 0 Å². The number of nitrogens with zero attached hydrogens (tertiary/aromatic N) is 3. The highest BCUT2D eigenvalue weighted by Gasteiger charge is 2.30. The van der Waals surface area contributed by atoms with Crippen LogP contribution in [0.2, 0.25) is 0 Å². The number of aromatic amines is 1. The SMILES string of the molecule is Cc1ccc(CC(=O)N2CCC[C@@H](c3nc4c(c(=O)[nH]3)CN(S(C)(=O)=O)CC4)C2)cc1. The van der Waals surface area contributed by atoms with Gasteiger partial charge in [0.2, 0.25) is 15.9 Å². The lowest BCUT2D eigenvalue weighted by molar-refractivity contribution is -0.131. The normalized spacial score (nSPS) is 19.8. The van der Waals surface area contributed by atoms with Crippen LogP contribution in [0.3, 0.4) is 0 Å². The van der Waals surface area contributed by atoms with Gasteiger partial charge in [0.25, 0.3) is 5.56 Å². The Morgan fingerprint density at radius 1 is 1.23 bits per heavy atom. The summed E-state index contributed by atoms with van der Waals surface area (Å²) in [4.78, 5) is 34.9. The minimum atomic E-state index is -3.35. The molecule has 9 heteroatoms. The zero-order valence-electron chi connectivity index (χ0n) is 17.9. The second-order valence-corrected chi connectivity index (χ2v) is 10.5. The number of sulfonamides is 1. The van der Waals surface area contributed by atoms with Crippen molar-refractivity contribution in [3.8, 4) is 0 Å². The summed E-state index contributed by atoms with van der Waals surface area (Å²) in [5.41, 5.74) is 2.96. The van der Waals surface area contributed by atoms with E-state index in [1.165, 1.54) is 4.31 Å². The highest BCUT2D eigenvalue weighted by molar-refractivity contribution is 7.88. The first kappa shape index (κ1) is 21.7. The highest BCUT2D eigenvalue weighted by atomic mass is 32.2. The number of nitrogens with one attached hydrogen (secondary N) is 1. The van der Waals surface area contributed by atoms with E-state index < -0.39 is 10.0 Å². The molecule has 1 N–H and O–H groups in total. The molecule has 1 fully saturated rings. The van der Waals surface area contributed by atoms with Crippen LogP contribution < -0.4 is 5.56 Å². The first-order chi connectivity index (χ1) is 14.7. The van der Waals surface area contributed by atoms with E-state index in [0.717, 1.165) is 30.2 Å². The molecule has 1 aromatic carbocycles. The first-order valence-corrected chi connectivity index (χ1v) is 12.5. The van der Waals surface area contributed by atoms with Gasteiger partial charge in [-0.1, -0.05) is 29.8 Å². The Bertz CT molecular complexity index is 1140. The van der Waals surface area contributed by atoms with Gasteiger partial charge in [-0.25, -0.2) is 13.4 Å². The summed E-state index contributed by atoms with van der Waals surface area (Å²) >= 11 is 0. The van der Waals surface area contributed by atoms with Crippen molar-refractivity contribution in [3.05, 3.63) is 62.8 Å². The number of aromatic nitrogens is 2. The number of carbonyl (C=O) groups excluding carboxylic acids is 1. The Hall–Kier alpha value is -2.52. The van der Waals surface area contributed by atoms with Crippen LogP contribution in [0, 0.1) is 6.92 Å². The monoisotopic (exact) mass is 444 g/mol. The molecule has 3 heterocycles. The standard InChI is InChI=1S/C22H28N4O4S/c1-15-5-7-16(8-6-15)12-20(27)25-10-3-4-17(13-25)21-23-19-9-11-26(31(2,29)30)14-18(19)22(28)24-21/h5-8,17H,3-4,9-14H2,1-2H3,(H,23,24,28)/t17-/m1/s1. The van der Waals surface area contributed by atoms with E-state index >= 15 is 0 Å². The topological polar surface area (TPSA) is 103 Å². The maximum atomic E-state index is 12.8. The quantitative estimate of drug-likeness (QED) is 0.767. The molecule has 0 bridgehead atoms. The summed E-state index contributed by atoms with van der Waals surface area (Å²) in [7, 11) is -3.35. The number of rotatable bonds is 4. The van der Waals surface area contributed by atoms with Gasteiger partial charge < -0.3 is 9.88 Å². The molecule has 0 radical (unpaired) electrons. The van der Waals surface area contributed by atoms with Crippen molar-refractivity contribution in [2.45, 2.75) is 45.1 Å². The van der Waals surface area contributed by atoms with E-state index in [1.54, 1.807) is 0 Å². The highest BCUT2D eigenvalue weighted by Crippen LogP contribution is 2.26. The molecule has 0 aliphatic carbocycles. The van der Waals surface area contributed by atoms with E-state index in [-0.39, 0.29) is 23.9 Å². The van der Waals surface area contributed by atoms with Crippen LogP contribution in [-0.2, 0) is 34.2 Å². The maximum absolute atomic E-state index is 12.8. The van der Waals surface area contributed by atoms with Crippen molar-refractivity contribution in [3.63, 3.8) is 0 Å². The summed E-state index contributed by atoms with van der Waals surface area (Å²) in [6.45, 7) is 3.64. The van der Waals surface area contributed by atoms with Gasteiger partial charge in [0.15, 0.2) is 0 Å². The van der Waals surface area contributed by atoms with Crippen molar-refractivity contribution in [2.24, 2.45) is 0 Å². The largest absolute Gasteiger partial charge is 0.342 e. The van der Waals surface area contributed by atoms with Gasteiger partial charge in [0.05, 0.1) is 23.9 Å². The van der Waals surface area contributed by atoms with Gasteiger partial charge in [0.1, 0.15) is 5.82 Å². The third kappa shape index (κ3) is 4.88. The van der Waals surface area contributed by atoms with E-state index in [1.807, 2.05) is 36.1 Å². The van der Waals surface area contributed by atoms with E-state index in [2.05, 4.69) is 9.97 Å². The Morgan fingerprint density at radius 2 is 1.97 bits per heavy atom. The van der Waals surface area contributed by atoms with Crippen LogP contribution in [0.1, 0.15) is 47.0 Å². The third-order valence-electron chi connectivity index (χ3n) is 6.16. The molecular weight excluding hydrogens is 416 g/mol. The first-order valence-electron chi connectivity index (χ1n) is 10.6. The summed E-state index contributed by atoms with van der Waals surface area (Å²) in [5, 5.41) is 0. The van der Waals surface area contributed by atoms with E-state index in [4.69, 9.17) is 0 Å². The molecule has 1 amide bonds. The van der Waals surface area contributed by atoms with Crippen LogP contribution in [-0.4, -0.2) is 59.4 Å². The van der Waals surface area contributed by atoms with E-state index in [0.29, 0.717) is 49.6 Å². The van der Waals surface area contributed by atoms with Crippen LogP contribution in [0.5, 0.6) is 0 Å². The predicted octanol–water partition coefficient (Wildman–Crippen LogP) is 1.34. The molecule has 0 unspecified atom stereocenters. The van der Waals surface area contributed by atoms with Gasteiger partial charge in [0, 0.05) is 38.5 Å². The number of hydrogen-bond donors (Lipinski definition) is 1. The zero-order chi connectivity index (χ0) is 22.2. The van der Waals surface area contributed by atoms with Crippen LogP contribution in [0.4, 0.5) is 0 Å². The molecule has 31 heavy (non-hydrogen) atoms. The molecule has 2 aliphatic heterocycles. The number of piperidine rings is 1. The van der Waals surface area contributed by atoms with Crippen molar-refractivity contribution >= 4 is 15.9 Å². The average molecular weight is 445 g/mol. The summed E-state index contributed by atoms with van der Waals surface area (Å²) in [5.74, 6) is 0.656. The van der Waals surface area contributed by atoms with Gasteiger partial charge in [-0.05, 0) is 25.3 Å². The molecule has 1 aromatic heterocycles. The predicted molar refractivity (Wildman–Crippen MR) is 117 cm³/mol. The van der Waals surface area contributed by atoms with Crippen LogP contribution in [0.25, 0.3) is 0 Å². The minimum absolute atomic E-state index is 0.0262. The number of hydrogen-bond acceptors (Lipinski definition) is 5. The van der Waals surface area contributed by atoms with Crippen molar-refractivity contribution in [1.82, 2.24) is 19.2 Å². The Balaban J connectivity index is 1.48. The Kier molecular flexibility index (Phi) is 5.98. The number of aryl methyl sites for hydroxylation is 1. The fourth-order valence-electron chi connectivity index (χ4n) is 4.32. The number of benzene rings is 1. The van der Waals surface area contributed by atoms with Gasteiger partial charge in [-0.3, -0.25) is 9.59 Å². The smallest absolute Gasteiger partial charge is 0.255 e. The second kappa shape index (κ2) is 8.55. The van der Waals surface area contributed by atoms with Crippen molar-refractivity contribution < 1.29 is 13.2 Å². The minimum Gasteiger partial charge on any atom is -0.342 e. The van der Waals surface area contributed by atoms with E-state index in [9.17, 15) is 18.0 Å². The summed E-state index contributed by atoms with van der Waals surface area (Å²) < 4.78 is 25.0.